The van der Waals surface area contributed by atoms with Gasteiger partial charge in [0.2, 0.25) is 0 Å². The summed E-state index contributed by atoms with van der Waals surface area (Å²) in [7, 11) is 3.18. The normalized spacial score (nSPS) is 10.9. The summed E-state index contributed by atoms with van der Waals surface area (Å²) in [5.74, 6) is -0.0133. The molecule has 0 atom stereocenters. The lowest BCUT2D eigenvalue weighted by Crippen LogP contribution is -2.26. The first kappa shape index (κ1) is 22.4. The highest BCUT2D eigenvalue weighted by atomic mass is 35.5. The molecule has 0 saturated heterocycles. The Morgan fingerprint density at radius 3 is 2.55 bits per heavy atom. The maximum atomic E-state index is 13.2. The van der Waals surface area contributed by atoms with E-state index in [1.165, 1.54) is 7.11 Å². The number of rotatable bonds is 6. The Kier molecular flexibility index (Phi) is 6.39. The van der Waals surface area contributed by atoms with Gasteiger partial charge in [-0.1, -0.05) is 11.6 Å². The summed E-state index contributed by atoms with van der Waals surface area (Å²) in [6.45, 7) is 1.88. The first-order valence-electron chi connectivity index (χ1n) is 10.1. The molecule has 0 aliphatic carbocycles. The second-order valence-corrected chi connectivity index (χ2v) is 7.94. The molecule has 0 spiro atoms. The first-order valence-corrected chi connectivity index (χ1v) is 10.5. The molecule has 0 aliphatic rings. The Morgan fingerprint density at radius 1 is 1.12 bits per heavy atom. The molecule has 168 valence electrons. The number of imidazole rings is 1. The number of pyridine rings is 1. The minimum atomic E-state index is -0.283. The van der Waals surface area contributed by atoms with Crippen LogP contribution >= 0.6 is 11.6 Å². The third kappa shape index (κ3) is 4.72. The molecule has 2 amide bonds. The number of methoxy groups -OCH3 is 1. The number of aromatic nitrogens is 3. The van der Waals surface area contributed by atoms with Gasteiger partial charge in [0.15, 0.2) is 0 Å². The van der Waals surface area contributed by atoms with Gasteiger partial charge in [0.25, 0.3) is 11.8 Å². The van der Waals surface area contributed by atoms with Crippen molar-refractivity contribution in [2.45, 2.75) is 6.92 Å². The summed E-state index contributed by atoms with van der Waals surface area (Å²) in [4.78, 5) is 35.3. The van der Waals surface area contributed by atoms with Crippen molar-refractivity contribution in [1.82, 2.24) is 14.5 Å². The van der Waals surface area contributed by atoms with Gasteiger partial charge in [-0.15, -0.1) is 0 Å². The number of halogens is 1. The largest absolute Gasteiger partial charge is 0.375 e. The lowest BCUT2D eigenvalue weighted by Gasteiger charge is -2.18. The van der Waals surface area contributed by atoms with Gasteiger partial charge in [-0.25, -0.2) is 9.97 Å². The van der Waals surface area contributed by atoms with Crippen molar-refractivity contribution in [2.24, 2.45) is 0 Å². The molecule has 2 heterocycles. The topological polar surface area (TPSA) is 89.3 Å². The standard InChI is InChI=1S/C24H22ClN5O3/c1-15-10-16(24(32)29(2)18-6-4-17(25)5-7-18)11-20-23(15)27-14-30(20)19-8-9-21(26-12-19)28-22(31)13-33-3/h4-12,14H,13H2,1-3H3,(H,26,28,31). The van der Waals surface area contributed by atoms with Crippen LogP contribution in [-0.4, -0.2) is 47.1 Å². The molecule has 8 nitrogen and oxygen atoms in total. The van der Waals surface area contributed by atoms with Crippen LogP contribution in [0.25, 0.3) is 16.7 Å². The number of fused-ring (bicyclic) bond motifs is 1. The minimum Gasteiger partial charge on any atom is -0.375 e. The van der Waals surface area contributed by atoms with E-state index in [-0.39, 0.29) is 18.4 Å². The number of hydrogen-bond acceptors (Lipinski definition) is 5. The Hall–Kier alpha value is -3.75. The van der Waals surface area contributed by atoms with Crippen molar-refractivity contribution in [1.29, 1.82) is 0 Å². The van der Waals surface area contributed by atoms with Crippen LogP contribution in [0.2, 0.25) is 5.02 Å². The highest BCUT2D eigenvalue weighted by Gasteiger charge is 2.17. The van der Waals surface area contributed by atoms with Crippen LogP contribution < -0.4 is 10.2 Å². The van der Waals surface area contributed by atoms with Crippen LogP contribution in [0, 0.1) is 6.92 Å². The quantitative estimate of drug-likeness (QED) is 0.462. The highest BCUT2D eigenvalue weighted by molar-refractivity contribution is 6.30. The summed E-state index contributed by atoms with van der Waals surface area (Å²) in [6.07, 6.45) is 3.32. The van der Waals surface area contributed by atoms with Crippen molar-refractivity contribution in [3.8, 4) is 5.69 Å². The SMILES string of the molecule is COCC(=O)Nc1ccc(-n2cnc3c(C)cc(C(=O)N(C)c4ccc(Cl)cc4)cc32)cn1. The van der Waals surface area contributed by atoms with Crippen LogP contribution in [0.1, 0.15) is 15.9 Å². The number of ether oxygens (including phenoxy) is 1. The van der Waals surface area contributed by atoms with Gasteiger partial charge in [-0.2, -0.15) is 0 Å². The van der Waals surface area contributed by atoms with E-state index in [2.05, 4.69) is 15.3 Å². The summed E-state index contributed by atoms with van der Waals surface area (Å²) in [6, 6.07) is 14.3. The fourth-order valence-corrected chi connectivity index (χ4v) is 3.63. The van der Waals surface area contributed by atoms with E-state index in [9.17, 15) is 9.59 Å². The number of carbonyl (C=O) groups excluding carboxylic acids is 2. The average Bonchev–Trinajstić information content (AvgIpc) is 3.24. The Bertz CT molecular complexity index is 1320. The molecular formula is C24H22ClN5O3. The molecule has 4 rings (SSSR count). The molecule has 2 aromatic heterocycles. The molecule has 0 bridgehead atoms. The van der Waals surface area contributed by atoms with E-state index in [0.717, 1.165) is 28.0 Å². The number of amides is 2. The summed E-state index contributed by atoms with van der Waals surface area (Å²) < 4.78 is 6.67. The van der Waals surface area contributed by atoms with Gasteiger partial charge in [0.1, 0.15) is 18.8 Å². The van der Waals surface area contributed by atoms with Crippen LogP contribution in [0.15, 0.2) is 61.1 Å². The molecule has 1 N–H and O–H groups in total. The third-order valence-corrected chi connectivity index (χ3v) is 5.43. The van der Waals surface area contributed by atoms with Crippen molar-refractivity contribution >= 4 is 46.0 Å². The molecule has 2 aromatic carbocycles. The Morgan fingerprint density at radius 2 is 1.88 bits per heavy atom. The number of aryl methyl sites for hydroxylation is 1. The second-order valence-electron chi connectivity index (χ2n) is 7.50. The number of anilines is 2. The summed E-state index contributed by atoms with van der Waals surface area (Å²) >= 11 is 5.97. The zero-order valence-electron chi connectivity index (χ0n) is 18.4. The van der Waals surface area contributed by atoms with E-state index in [1.807, 2.05) is 29.7 Å². The van der Waals surface area contributed by atoms with Crippen molar-refractivity contribution in [3.05, 3.63) is 77.2 Å². The predicted octanol–water partition coefficient (Wildman–Crippen LogP) is 4.24. The van der Waals surface area contributed by atoms with Crippen LogP contribution in [0.3, 0.4) is 0 Å². The monoisotopic (exact) mass is 463 g/mol. The molecule has 0 saturated carbocycles. The van der Waals surface area contributed by atoms with E-state index in [1.54, 1.807) is 54.8 Å². The number of benzene rings is 2. The maximum Gasteiger partial charge on any atom is 0.258 e. The molecule has 0 radical (unpaired) electrons. The zero-order valence-corrected chi connectivity index (χ0v) is 19.1. The summed E-state index contributed by atoms with van der Waals surface area (Å²) in [5.41, 5.74) is 4.48. The maximum absolute atomic E-state index is 13.2. The van der Waals surface area contributed by atoms with Gasteiger partial charge in [0.05, 0.1) is 22.9 Å². The molecule has 4 aromatic rings. The van der Waals surface area contributed by atoms with Crippen molar-refractivity contribution in [2.75, 3.05) is 31.0 Å². The molecule has 33 heavy (non-hydrogen) atoms. The van der Waals surface area contributed by atoms with Crippen molar-refractivity contribution in [3.63, 3.8) is 0 Å². The summed E-state index contributed by atoms with van der Waals surface area (Å²) in [5, 5.41) is 3.27. The minimum absolute atomic E-state index is 0.0455. The van der Waals surface area contributed by atoms with Crippen LogP contribution in [-0.2, 0) is 9.53 Å². The zero-order chi connectivity index (χ0) is 23.5. The number of nitrogens with zero attached hydrogens (tertiary/aromatic N) is 4. The molecule has 0 aliphatic heterocycles. The van der Waals surface area contributed by atoms with Gasteiger partial charge in [0, 0.05) is 30.4 Å². The Balaban J connectivity index is 1.65. The average molecular weight is 464 g/mol. The predicted molar refractivity (Wildman–Crippen MR) is 128 cm³/mol. The fourth-order valence-electron chi connectivity index (χ4n) is 3.51. The van der Waals surface area contributed by atoms with E-state index < -0.39 is 0 Å². The lowest BCUT2D eigenvalue weighted by molar-refractivity contribution is -0.119. The van der Waals surface area contributed by atoms with Crippen LogP contribution in [0.5, 0.6) is 0 Å². The van der Waals surface area contributed by atoms with Gasteiger partial charge in [-0.05, 0) is 61.0 Å². The highest BCUT2D eigenvalue weighted by Crippen LogP contribution is 2.25. The molecule has 9 heteroatoms. The van der Waals surface area contributed by atoms with Gasteiger partial charge < -0.3 is 15.0 Å². The van der Waals surface area contributed by atoms with E-state index in [0.29, 0.717) is 16.4 Å². The van der Waals surface area contributed by atoms with E-state index >= 15 is 0 Å². The first-order chi connectivity index (χ1) is 15.9. The van der Waals surface area contributed by atoms with Crippen LogP contribution in [0.4, 0.5) is 11.5 Å². The Labute approximate surface area is 195 Å². The third-order valence-electron chi connectivity index (χ3n) is 5.18. The molecule has 0 fully saturated rings. The van der Waals surface area contributed by atoms with Gasteiger partial charge in [-0.3, -0.25) is 14.2 Å². The van der Waals surface area contributed by atoms with Crippen molar-refractivity contribution < 1.29 is 14.3 Å². The number of hydrogen-bond donors (Lipinski definition) is 1. The lowest BCUT2D eigenvalue weighted by atomic mass is 10.1. The second kappa shape index (κ2) is 9.40. The van der Waals surface area contributed by atoms with E-state index in [4.69, 9.17) is 16.3 Å². The molecular weight excluding hydrogens is 442 g/mol. The van der Waals surface area contributed by atoms with Gasteiger partial charge >= 0.3 is 0 Å². The number of carbonyl (C=O) groups is 2. The molecule has 0 unspecified atom stereocenters. The fraction of sp³-hybridized carbons (Fsp3) is 0.167. The number of nitrogens with one attached hydrogen (secondary N) is 1. The smallest absolute Gasteiger partial charge is 0.258 e.